The Hall–Kier alpha value is -9.38. The molecule has 1 unspecified atom stereocenters. The lowest BCUT2D eigenvalue weighted by Gasteiger charge is -2.31. The number of hydrogen-bond donors (Lipinski definition) is 0. The van der Waals surface area contributed by atoms with Crippen LogP contribution in [0.25, 0.3) is 83.0 Å². The molecule has 11 aromatic carbocycles. The Labute approximate surface area is 425 Å². The van der Waals surface area contributed by atoms with E-state index in [0.29, 0.717) is 5.92 Å². The summed E-state index contributed by atoms with van der Waals surface area (Å²) >= 11 is 0. The van der Waals surface area contributed by atoms with Gasteiger partial charge >= 0.3 is 0 Å². The minimum absolute atomic E-state index is 0.380. The van der Waals surface area contributed by atoms with E-state index in [2.05, 4.69) is 293 Å². The van der Waals surface area contributed by atoms with Gasteiger partial charge in [0.25, 0.3) is 0 Å². The van der Waals surface area contributed by atoms with E-state index in [1.807, 2.05) is 0 Å². The zero-order valence-electron chi connectivity index (χ0n) is 40.5. The molecule has 0 fully saturated rings. The predicted molar refractivity (Wildman–Crippen MR) is 309 cm³/mol. The number of para-hydroxylation sites is 4. The topological polar surface area (TPSA) is 16.3 Å². The van der Waals surface area contributed by atoms with Crippen LogP contribution in [-0.2, 0) is 0 Å². The largest absolute Gasteiger partial charge is 0.310 e. The highest BCUT2D eigenvalue weighted by Gasteiger charge is 2.25. The van der Waals surface area contributed by atoms with Gasteiger partial charge in [0.2, 0.25) is 0 Å². The molecule has 0 radical (unpaired) electrons. The Morgan fingerprint density at radius 2 is 0.795 bits per heavy atom. The Kier molecular flexibility index (Phi) is 10.2. The number of fused-ring (bicyclic) bond motifs is 8. The van der Waals surface area contributed by atoms with Gasteiger partial charge in [0, 0.05) is 61.1 Å². The van der Waals surface area contributed by atoms with Gasteiger partial charge in [-0.05, 0) is 149 Å². The predicted octanol–water partition coefficient (Wildman–Crippen LogP) is 19.2. The number of hydrogen-bond acceptors (Lipinski definition) is 2. The van der Waals surface area contributed by atoms with E-state index in [-0.39, 0.29) is 0 Å². The average molecular weight is 935 g/mol. The maximum Gasteiger partial charge on any atom is 0.0542 e. The Morgan fingerprint density at radius 1 is 0.356 bits per heavy atom. The number of anilines is 6. The first-order valence-electron chi connectivity index (χ1n) is 25.4. The van der Waals surface area contributed by atoms with Crippen LogP contribution in [0.2, 0.25) is 0 Å². The Morgan fingerprint density at radius 3 is 1.37 bits per heavy atom. The molecule has 0 saturated heterocycles. The fourth-order valence-corrected chi connectivity index (χ4v) is 11.7. The number of allylic oxidation sites excluding steroid dienone is 1. The number of aromatic nitrogens is 2. The van der Waals surface area contributed by atoms with Gasteiger partial charge in [-0.1, -0.05) is 165 Å². The van der Waals surface area contributed by atoms with Crippen molar-refractivity contribution in [3.63, 3.8) is 0 Å². The zero-order valence-corrected chi connectivity index (χ0v) is 40.5. The zero-order chi connectivity index (χ0) is 48.4. The summed E-state index contributed by atoms with van der Waals surface area (Å²) in [5, 5.41) is 7.32. The van der Waals surface area contributed by atoms with Gasteiger partial charge in [-0.2, -0.15) is 0 Å². The average Bonchev–Trinajstić information content (AvgIpc) is 3.98. The molecule has 346 valence electrons. The summed E-state index contributed by atoms with van der Waals surface area (Å²) in [5.41, 5.74) is 18.9. The van der Waals surface area contributed by atoms with E-state index in [1.54, 1.807) is 0 Å². The van der Waals surface area contributed by atoms with E-state index < -0.39 is 0 Å². The van der Waals surface area contributed by atoms with Gasteiger partial charge in [0.15, 0.2) is 0 Å². The van der Waals surface area contributed by atoms with E-state index in [4.69, 9.17) is 0 Å². The molecular formula is C69H50N4. The second-order valence-electron chi connectivity index (χ2n) is 19.4. The van der Waals surface area contributed by atoms with Crippen LogP contribution in [0.15, 0.2) is 261 Å². The third kappa shape index (κ3) is 7.13. The maximum atomic E-state index is 2.48. The molecule has 73 heavy (non-hydrogen) atoms. The van der Waals surface area contributed by atoms with Crippen LogP contribution in [0.5, 0.6) is 0 Å². The number of rotatable bonds is 9. The first-order chi connectivity index (χ1) is 36.1. The summed E-state index contributed by atoms with van der Waals surface area (Å²) in [6.07, 6.45) is 5.63. The summed E-state index contributed by atoms with van der Waals surface area (Å²) in [6, 6.07) is 93.3. The van der Waals surface area contributed by atoms with Crippen molar-refractivity contribution in [1.29, 1.82) is 0 Å². The molecule has 1 atom stereocenters. The van der Waals surface area contributed by atoms with Gasteiger partial charge in [-0.3, -0.25) is 0 Å². The van der Waals surface area contributed by atoms with E-state index >= 15 is 0 Å². The smallest absolute Gasteiger partial charge is 0.0542 e. The van der Waals surface area contributed by atoms with Crippen LogP contribution in [0.3, 0.4) is 0 Å². The van der Waals surface area contributed by atoms with E-state index in [0.717, 1.165) is 57.4 Å². The second kappa shape index (κ2) is 17.5. The quantitative estimate of drug-likeness (QED) is 0.143. The molecule has 14 rings (SSSR count). The summed E-state index contributed by atoms with van der Waals surface area (Å²) in [6.45, 7) is 2.36. The van der Waals surface area contributed by atoms with Crippen LogP contribution in [0.4, 0.5) is 34.1 Å². The van der Waals surface area contributed by atoms with Crippen LogP contribution in [0.1, 0.15) is 30.4 Å². The lowest BCUT2D eigenvalue weighted by atomic mass is 9.86. The standard InChI is InChI=1S/C69H50N4/c1-47-17-14-20-51-21-16-32-68(69(47)51)71(57-42-44-67-62(46-57)60-28-11-13-30-65(60)73(67)53-24-6-3-7-25-53)55-39-35-49(36-40-55)48-33-37-54(38-34-48)70(63-31-15-19-50-18-8-9-26-58(50)63)56-41-43-66-61(45-56)59-27-10-12-29-64(59)72(66)52-22-4-2-5-23-52/h2-16,18-47H,17H2,1H3. The molecule has 4 heteroatoms. The third-order valence-electron chi connectivity index (χ3n) is 15.1. The monoisotopic (exact) mass is 934 g/mol. The second-order valence-corrected chi connectivity index (χ2v) is 19.4. The minimum Gasteiger partial charge on any atom is -0.310 e. The summed E-state index contributed by atoms with van der Waals surface area (Å²) < 4.78 is 4.77. The molecule has 1 aliphatic carbocycles. The van der Waals surface area contributed by atoms with E-state index in [1.165, 1.54) is 71.2 Å². The summed E-state index contributed by atoms with van der Waals surface area (Å²) in [4.78, 5) is 4.90. The van der Waals surface area contributed by atoms with Crippen molar-refractivity contribution in [2.45, 2.75) is 19.3 Å². The van der Waals surface area contributed by atoms with Crippen molar-refractivity contribution in [3.8, 4) is 22.5 Å². The fourth-order valence-electron chi connectivity index (χ4n) is 11.7. The molecule has 1 aliphatic rings. The van der Waals surface area contributed by atoms with Crippen LogP contribution >= 0.6 is 0 Å². The highest BCUT2D eigenvalue weighted by atomic mass is 15.2. The van der Waals surface area contributed by atoms with Crippen molar-refractivity contribution in [3.05, 3.63) is 272 Å². The van der Waals surface area contributed by atoms with E-state index in [9.17, 15) is 0 Å². The van der Waals surface area contributed by atoms with Gasteiger partial charge in [-0.25, -0.2) is 0 Å². The Bertz CT molecular complexity index is 4230. The van der Waals surface area contributed by atoms with Crippen molar-refractivity contribution in [2.24, 2.45) is 0 Å². The first-order valence-corrected chi connectivity index (χ1v) is 25.4. The Balaban J connectivity index is 0.871. The molecule has 0 aliphatic heterocycles. The summed E-state index contributed by atoms with van der Waals surface area (Å²) in [5.74, 6) is 0.380. The normalized spacial score (nSPS) is 13.3. The molecule has 0 N–H and O–H groups in total. The van der Waals surface area contributed by atoms with Crippen LogP contribution in [0, 0.1) is 0 Å². The van der Waals surface area contributed by atoms with Crippen molar-refractivity contribution in [2.75, 3.05) is 9.80 Å². The van der Waals surface area contributed by atoms with Crippen molar-refractivity contribution in [1.82, 2.24) is 9.13 Å². The fraction of sp³-hybridized carbons (Fsp3) is 0.0435. The van der Waals surface area contributed by atoms with Gasteiger partial charge in [0.05, 0.1) is 33.4 Å². The van der Waals surface area contributed by atoms with Crippen molar-refractivity contribution < 1.29 is 0 Å². The molecule has 13 aromatic rings. The molecule has 0 amide bonds. The lowest BCUT2D eigenvalue weighted by molar-refractivity contribution is 0.771. The molecule has 0 bridgehead atoms. The highest BCUT2D eigenvalue weighted by Crippen LogP contribution is 2.47. The van der Waals surface area contributed by atoms with Gasteiger partial charge in [-0.15, -0.1) is 0 Å². The van der Waals surface area contributed by atoms with Crippen LogP contribution in [-0.4, -0.2) is 9.13 Å². The molecule has 2 heterocycles. The molecule has 0 saturated carbocycles. The minimum atomic E-state index is 0.380. The highest BCUT2D eigenvalue weighted by molar-refractivity contribution is 6.12. The van der Waals surface area contributed by atoms with Crippen LogP contribution < -0.4 is 9.80 Å². The van der Waals surface area contributed by atoms with Gasteiger partial charge in [0.1, 0.15) is 0 Å². The number of nitrogens with zero attached hydrogens (tertiary/aromatic N) is 4. The molecule has 2 aromatic heterocycles. The first kappa shape index (κ1) is 42.5. The molecule has 0 spiro atoms. The SMILES string of the molecule is CC1CC=Cc2cccc(N(c3ccc(-c4ccc(N(c5ccc6c(c5)c5ccccc5n6-c5ccccc5)c5cccc6ccccc56)cc4)cc3)c3ccc4c(c3)c3ccccc3n4-c3ccccc3)c21. The summed E-state index contributed by atoms with van der Waals surface area (Å²) in [7, 11) is 0. The molecular weight excluding hydrogens is 885 g/mol. The third-order valence-corrected chi connectivity index (χ3v) is 15.1. The molecule has 4 nitrogen and oxygen atoms in total. The maximum absolute atomic E-state index is 2.48. The van der Waals surface area contributed by atoms with Crippen molar-refractivity contribution >= 4 is 94.6 Å². The van der Waals surface area contributed by atoms with Gasteiger partial charge < -0.3 is 18.9 Å². The lowest BCUT2D eigenvalue weighted by Crippen LogP contribution is -2.15. The number of benzene rings is 11.